The first kappa shape index (κ1) is 15.0. The maximum Gasteiger partial charge on any atom is 0.237 e. The molecule has 0 radical (unpaired) electrons. The molecule has 1 rings (SSSR count). The molecule has 0 spiro atoms. The Kier molecular flexibility index (Phi) is 6.19. The Labute approximate surface area is 114 Å². The van der Waals surface area contributed by atoms with Crippen molar-refractivity contribution < 1.29 is 4.79 Å². The number of rotatable bonds is 7. The Morgan fingerprint density at radius 1 is 1.56 bits per heavy atom. The molecule has 102 valence electrons. The van der Waals surface area contributed by atoms with Gasteiger partial charge in [0.2, 0.25) is 5.91 Å². The fraction of sp³-hybridized carbons (Fsp3) is 0.692. The minimum atomic E-state index is -0.0184. The van der Waals surface area contributed by atoms with Crippen molar-refractivity contribution in [1.82, 2.24) is 14.7 Å². The summed E-state index contributed by atoms with van der Waals surface area (Å²) in [7, 11) is 0. The van der Waals surface area contributed by atoms with E-state index in [1.807, 2.05) is 17.1 Å². The Morgan fingerprint density at radius 3 is 2.83 bits per heavy atom. The van der Waals surface area contributed by atoms with E-state index in [1.165, 1.54) is 0 Å². The van der Waals surface area contributed by atoms with E-state index < -0.39 is 0 Å². The lowest BCUT2D eigenvalue weighted by molar-refractivity contribution is -0.129. The van der Waals surface area contributed by atoms with Crippen LogP contribution in [0.15, 0.2) is 12.4 Å². The molecule has 1 aromatic heterocycles. The SMILES string of the molecule is CCCN(Cc1cnn(CC(C)C)c1)C(=O)CCl. The zero-order valence-corrected chi connectivity index (χ0v) is 12.2. The fourth-order valence-corrected chi connectivity index (χ4v) is 2.00. The van der Waals surface area contributed by atoms with Crippen molar-refractivity contribution in [1.29, 1.82) is 0 Å². The van der Waals surface area contributed by atoms with E-state index >= 15 is 0 Å². The molecule has 0 N–H and O–H groups in total. The molecule has 0 fully saturated rings. The van der Waals surface area contributed by atoms with E-state index in [4.69, 9.17) is 11.6 Å². The normalized spacial score (nSPS) is 10.9. The van der Waals surface area contributed by atoms with Crippen LogP contribution in [0.1, 0.15) is 32.8 Å². The second-order valence-electron chi connectivity index (χ2n) is 4.91. The van der Waals surface area contributed by atoms with Crippen LogP contribution in [-0.4, -0.2) is 33.0 Å². The molecule has 0 unspecified atom stereocenters. The monoisotopic (exact) mass is 271 g/mol. The maximum atomic E-state index is 11.7. The number of nitrogens with zero attached hydrogens (tertiary/aromatic N) is 3. The Balaban J connectivity index is 2.63. The van der Waals surface area contributed by atoms with E-state index in [2.05, 4.69) is 25.9 Å². The van der Waals surface area contributed by atoms with Crippen LogP contribution in [0.25, 0.3) is 0 Å². The van der Waals surface area contributed by atoms with Gasteiger partial charge >= 0.3 is 0 Å². The van der Waals surface area contributed by atoms with E-state index in [1.54, 1.807) is 4.90 Å². The van der Waals surface area contributed by atoms with E-state index in [9.17, 15) is 4.79 Å². The molecule has 0 saturated carbocycles. The van der Waals surface area contributed by atoms with Gasteiger partial charge in [-0.15, -0.1) is 11.6 Å². The first-order chi connectivity index (χ1) is 8.56. The molecule has 18 heavy (non-hydrogen) atoms. The van der Waals surface area contributed by atoms with E-state index in [0.29, 0.717) is 12.5 Å². The lowest BCUT2D eigenvalue weighted by atomic mass is 10.2. The molecule has 0 aromatic carbocycles. The number of hydrogen-bond acceptors (Lipinski definition) is 2. The van der Waals surface area contributed by atoms with Crippen LogP contribution in [0.2, 0.25) is 0 Å². The Bertz CT molecular complexity index is 376. The number of aromatic nitrogens is 2. The van der Waals surface area contributed by atoms with Gasteiger partial charge in [0.25, 0.3) is 0 Å². The highest BCUT2D eigenvalue weighted by molar-refractivity contribution is 6.27. The summed E-state index contributed by atoms with van der Waals surface area (Å²) < 4.78 is 1.93. The van der Waals surface area contributed by atoms with E-state index in [-0.39, 0.29) is 11.8 Å². The summed E-state index contributed by atoms with van der Waals surface area (Å²) in [5, 5.41) is 4.30. The minimum absolute atomic E-state index is 0.0184. The molecule has 0 aliphatic rings. The molecule has 5 heteroatoms. The van der Waals surface area contributed by atoms with Gasteiger partial charge in [-0.25, -0.2) is 0 Å². The van der Waals surface area contributed by atoms with Gasteiger partial charge in [0, 0.05) is 31.4 Å². The molecule has 1 amide bonds. The van der Waals surface area contributed by atoms with Gasteiger partial charge in [0.05, 0.1) is 6.20 Å². The van der Waals surface area contributed by atoms with Crippen molar-refractivity contribution in [3.8, 4) is 0 Å². The largest absolute Gasteiger partial charge is 0.337 e. The number of hydrogen-bond donors (Lipinski definition) is 0. The number of carbonyl (C=O) groups is 1. The minimum Gasteiger partial charge on any atom is -0.337 e. The molecule has 0 atom stereocenters. The first-order valence-electron chi connectivity index (χ1n) is 6.41. The van der Waals surface area contributed by atoms with Gasteiger partial charge in [-0.05, 0) is 12.3 Å². The molecule has 0 saturated heterocycles. The highest BCUT2D eigenvalue weighted by Crippen LogP contribution is 2.07. The molecule has 1 aromatic rings. The van der Waals surface area contributed by atoms with Gasteiger partial charge < -0.3 is 4.90 Å². The van der Waals surface area contributed by atoms with Crippen molar-refractivity contribution in [3.63, 3.8) is 0 Å². The van der Waals surface area contributed by atoms with Crippen LogP contribution in [0.3, 0.4) is 0 Å². The third kappa shape index (κ3) is 4.69. The van der Waals surface area contributed by atoms with E-state index in [0.717, 1.165) is 25.1 Å². The second-order valence-corrected chi connectivity index (χ2v) is 5.18. The lowest BCUT2D eigenvalue weighted by Crippen LogP contribution is -2.32. The number of alkyl halides is 1. The van der Waals surface area contributed by atoms with Gasteiger partial charge in [-0.1, -0.05) is 20.8 Å². The van der Waals surface area contributed by atoms with Gasteiger partial charge in [0.1, 0.15) is 5.88 Å². The summed E-state index contributed by atoms with van der Waals surface area (Å²) in [6.45, 7) is 8.59. The fourth-order valence-electron chi connectivity index (χ4n) is 1.83. The van der Waals surface area contributed by atoms with Crippen molar-refractivity contribution >= 4 is 17.5 Å². The van der Waals surface area contributed by atoms with Crippen LogP contribution in [-0.2, 0) is 17.9 Å². The second kappa shape index (κ2) is 7.41. The van der Waals surface area contributed by atoms with Crippen molar-refractivity contribution in [2.45, 2.75) is 40.3 Å². The summed E-state index contributed by atoms with van der Waals surface area (Å²) in [6.07, 6.45) is 4.76. The third-order valence-electron chi connectivity index (χ3n) is 2.57. The zero-order valence-electron chi connectivity index (χ0n) is 11.4. The van der Waals surface area contributed by atoms with Crippen LogP contribution in [0, 0.1) is 5.92 Å². The summed E-state index contributed by atoms with van der Waals surface area (Å²) >= 11 is 5.61. The molecule has 0 bridgehead atoms. The Morgan fingerprint density at radius 2 is 2.28 bits per heavy atom. The molecule has 0 aliphatic carbocycles. The quantitative estimate of drug-likeness (QED) is 0.715. The summed E-state index contributed by atoms with van der Waals surface area (Å²) in [4.78, 5) is 13.4. The highest BCUT2D eigenvalue weighted by Gasteiger charge is 2.12. The Hall–Kier alpha value is -1.03. The highest BCUT2D eigenvalue weighted by atomic mass is 35.5. The van der Waals surface area contributed by atoms with Crippen molar-refractivity contribution in [2.75, 3.05) is 12.4 Å². The number of amides is 1. The van der Waals surface area contributed by atoms with Gasteiger partial charge in [-0.3, -0.25) is 9.48 Å². The zero-order chi connectivity index (χ0) is 13.5. The molecule has 1 heterocycles. The average molecular weight is 272 g/mol. The van der Waals surface area contributed by atoms with Crippen LogP contribution < -0.4 is 0 Å². The predicted molar refractivity (Wildman–Crippen MR) is 73.5 cm³/mol. The molecular formula is C13H22ClN3O. The lowest BCUT2D eigenvalue weighted by Gasteiger charge is -2.20. The van der Waals surface area contributed by atoms with Gasteiger partial charge in [0.15, 0.2) is 0 Å². The molecule has 0 aliphatic heterocycles. The van der Waals surface area contributed by atoms with Gasteiger partial charge in [-0.2, -0.15) is 5.10 Å². The smallest absolute Gasteiger partial charge is 0.237 e. The average Bonchev–Trinajstić information content (AvgIpc) is 2.74. The van der Waals surface area contributed by atoms with Crippen LogP contribution in [0.5, 0.6) is 0 Å². The maximum absolute atomic E-state index is 11.7. The summed E-state index contributed by atoms with van der Waals surface area (Å²) in [6, 6.07) is 0. The number of halogens is 1. The van der Waals surface area contributed by atoms with Crippen LogP contribution in [0.4, 0.5) is 0 Å². The topological polar surface area (TPSA) is 38.1 Å². The van der Waals surface area contributed by atoms with Crippen molar-refractivity contribution in [2.24, 2.45) is 5.92 Å². The predicted octanol–water partition coefficient (Wildman–Crippen LogP) is 2.52. The summed E-state index contributed by atoms with van der Waals surface area (Å²) in [5.41, 5.74) is 1.06. The van der Waals surface area contributed by atoms with Crippen LogP contribution >= 0.6 is 11.6 Å². The van der Waals surface area contributed by atoms with Crippen molar-refractivity contribution in [3.05, 3.63) is 18.0 Å². The third-order valence-corrected chi connectivity index (χ3v) is 2.80. The first-order valence-corrected chi connectivity index (χ1v) is 6.95. The standard InChI is InChI=1S/C13H22ClN3O/c1-4-5-16(13(18)6-14)9-12-7-15-17(10-12)8-11(2)3/h7,10-11H,4-6,8-9H2,1-3H3. The number of carbonyl (C=O) groups excluding carboxylic acids is 1. The summed E-state index contributed by atoms with van der Waals surface area (Å²) in [5.74, 6) is 0.587. The molecule has 4 nitrogen and oxygen atoms in total. The molecular weight excluding hydrogens is 250 g/mol.